The van der Waals surface area contributed by atoms with E-state index in [-0.39, 0.29) is 10.6 Å². The van der Waals surface area contributed by atoms with E-state index in [2.05, 4.69) is 5.14 Å². The average Bonchev–Trinajstić information content (AvgIpc) is 2.01. The highest BCUT2D eigenvalue weighted by Crippen LogP contribution is 2.21. The van der Waals surface area contributed by atoms with Crippen molar-refractivity contribution in [1.29, 1.82) is 0 Å². The molecule has 0 fully saturated rings. The molecule has 0 unspecified atom stereocenters. The van der Waals surface area contributed by atoms with Gasteiger partial charge in [0.1, 0.15) is 0 Å². The predicted octanol–water partition coefficient (Wildman–Crippen LogP) is 0.683. The summed E-state index contributed by atoms with van der Waals surface area (Å²) in [6.07, 6.45) is 0. The van der Waals surface area contributed by atoms with E-state index in [4.69, 9.17) is 8.42 Å². The number of aryl methyl sites for hydroxylation is 2. The monoisotopic (exact) mass is 232 g/mol. The average molecular weight is 232 g/mol. The molecule has 1 aromatic rings. The van der Waals surface area contributed by atoms with Crippen molar-refractivity contribution >= 4 is 16.6 Å². The van der Waals surface area contributed by atoms with Crippen LogP contribution >= 0.6 is 0 Å². The Kier molecular flexibility index (Phi) is 5.50. The summed E-state index contributed by atoms with van der Waals surface area (Å²) in [5, 5.41) is 14.5. The Bertz CT molecular complexity index is 400. The Morgan fingerprint density at radius 2 is 1.60 bits per heavy atom. The molecule has 0 spiro atoms. The van der Waals surface area contributed by atoms with Gasteiger partial charge in [-0.15, -0.1) is 0 Å². The molecule has 1 rings (SSSR count). The van der Waals surface area contributed by atoms with Gasteiger partial charge in [-0.2, -0.15) is 0 Å². The molecule has 0 amide bonds. The minimum atomic E-state index is -2.62. The fraction of sp³-hybridized carbons (Fsp3) is 0.250. The van der Waals surface area contributed by atoms with Gasteiger partial charge in [-0.05, 0) is 13.8 Å². The number of nitro benzene ring substituents is 1. The third kappa shape index (κ3) is 5.08. The first-order valence-corrected chi connectivity index (χ1v) is 5.20. The SMILES string of the molecule is Cc1cccc(C)c1[N+](=O)[O-].N[SH](=O)=O. The minimum Gasteiger partial charge on any atom is -0.258 e. The molecule has 84 valence electrons. The number of benzene rings is 1. The van der Waals surface area contributed by atoms with Crippen molar-refractivity contribution < 1.29 is 13.3 Å². The standard InChI is InChI=1S/C8H9NO2.H3NO2S/c1-6-4-3-5-7(2)8(6)9(10)11;1-4(2)3/h3-5H,1-2H3;4H,(H2,1,2,3). The number of thiol groups is 1. The zero-order valence-corrected chi connectivity index (χ0v) is 9.23. The normalized spacial score (nSPS) is 9.33. The van der Waals surface area contributed by atoms with E-state index in [1.54, 1.807) is 26.0 Å². The van der Waals surface area contributed by atoms with Crippen molar-refractivity contribution in [3.63, 3.8) is 0 Å². The Balaban J connectivity index is 0.000000423. The smallest absolute Gasteiger partial charge is 0.258 e. The number of nitro groups is 1. The van der Waals surface area contributed by atoms with Crippen LogP contribution in [0.25, 0.3) is 0 Å². The molecule has 0 saturated carbocycles. The minimum absolute atomic E-state index is 0.229. The number of rotatable bonds is 1. The first-order chi connectivity index (χ1) is 6.86. The molecule has 1 aromatic carbocycles. The van der Waals surface area contributed by atoms with Crippen LogP contribution in [-0.4, -0.2) is 13.3 Å². The largest absolute Gasteiger partial charge is 0.275 e. The molecule has 15 heavy (non-hydrogen) atoms. The summed E-state index contributed by atoms with van der Waals surface area (Å²) in [6.45, 7) is 3.48. The van der Waals surface area contributed by atoms with E-state index in [0.717, 1.165) is 11.1 Å². The van der Waals surface area contributed by atoms with Crippen molar-refractivity contribution in [3.05, 3.63) is 39.4 Å². The van der Waals surface area contributed by atoms with Gasteiger partial charge in [0.05, 0.1) is 4.92 Å². The molecular weight excluding hydrogens is 220 g/mol. The van der Waals surface area contributed by atoms with Crippen LogP contribution in [0.4, 0.5) is 5.69 Å². The maximum Gasteiger partial charge on any atom is 0.275 e. The van der Waals surface area contributed by atoms with Crippen LogP contribution < -0.4 is 5.14 Å². The van der Waals surface area contributed by atoms with Gasteiger partial charge in [0.2, 0.25) is 0 Å². The summed E-state index contributed by atoms with van der Waals surface area (Å²) in [7, 11) is -2.62. The van der Waals surface area contributed by atoms with Crippen LogP contribution in [0.15, 0.2) is 18.2 Å². The zero-order valence-electron chi connectivity index (χ0n) is 8.34. The van der Waals surface area contributed by atoms with E-state index in [0.29, 0.717) is 0 Å². The van der Waals surface area contributed by atoms with E-state index in [1.165, 1.54) is 0 Å². The number of hydrogen-bond donors (Lipinski definition) is 2. The van der Waals surface area contributed by atoms with Crippen molar-refractivity contribution in [1.82, 2.24) is 0 Å². The lowest BCUT2D eigenvalue weighted by molar-refractivity contribution is -0.386. The van der Waals surface area contributed by atoms with Crippen LogP contribution in [0.2, 0.25) is 0 Å². The maximum absolute atomic E-state index is 10.4. The van der Waals surface area contributed by atoms with Gasteiger partial charge in [-0.3, -0.25) is 10.1 Å². The lowest BCUT2D eigenvalue weighted by atomic mass is 10.1. The zero-order chi connectivity index (χ0) is 12.0. The van der Waals surface area contributed by atoms with Gasteiger partial charge in [-0.1, -0.05) is 18.2 Å². The summed E-state index contributed by atoms with van der Waals surface area (Å²) < 4.78 is 17.6. The molecule has 0 aliphatic rings. The van der Waals surface area contributed by atoms with Crippen LogP contribution in [-0.2, 0) is 10.9 Å². The molecule has 7 heteroatoms. The second kappa shape index (κ2) is 6.10. The number of nitrogens with two attached hydrogens (primary N) is 1. The lowest BCUT2D eigenvalue weighted by Crippen LogP contribution is -1.93. The second-order valence-electron chi connectivity index (χ2n) is 2.78. The quantitative estimate of drug-likeness (QED) is 0.422. The molecule has 0 aliphatic carbocycles. The van der Waals surface area contributed by atoms with Gasteiger partial charge in [0, 0.05) is 11.1 Å². The van der Waals surface area contributed by atoms with E-state index in [9.17, 15) is 10.1 Å². The third-order valence-corrected chi connectivity index (χ3v) is 1.62. The Hall–Kier alpha value is -1.47. The lowest BCUT2D eigenvalue weighted by Gasteiger charge is -1.98. The first kappa shape index (κ1) is 13.5. The molecule has 0 aliphatic heterocycles. The molecule has 2 N–H and O–H groups in total. The number of para-hydroxylation sites is 1. The first-order valence-electron chi connectivity index (χ1n) is 3.96. The Labute approximate surface area is 89.0 Å². The third-order valence-electron chi connectivity index (χ3n) is 1.62. The Morgan fingerprint density at radius 3 is 1.80 bits per heavy atom. The van der Waals surface area contributed by atoms with E-state index in [1.807, 2.05) is 6.07 Å². The van der Waals surface area contributed by atoms with Crippen molar-refractivity contribution in [3.8, 4) is 0 Å². The highest BCUT2D eigenvalue weighted by Gasteiger charge is 2.11. The summed E-state index contributed by atoms with van der Waals surface area (Å²) in [5.74, 6) is 0. The fourth-order valence-corrected chi connectivity index (χ4v) is 1.09. The molecule has 0 heterocycles. The highest BCUT2D eigenvalue weighted by molar-refractivity contribution is 7.69. The topological polar surface area (TPSA) is 103 Å². The molecular formula is C8H12N2O4S. The highest BCUT2D eigenvalue weighted by atomic mass is 32.2. The maximum atomic E-state index is 10.4. The van der Waals surface area contributed by atoms with Gasteiger partial charge in [0.15, 0.2) is 10.9 Å². The summed E-state index contributed by atoms with van der Waals surface area (Å²) >= 11 is 0. The molecule has 0 saturated heterocycles. The Morgan fingerprint density at radius 1 is 1.27 bits per heavy atom. The predicted molar refractivity (Wildman–Crippen MR) is 57.1 cm³/mol. The van der Waals surface area contributed by atoms with Crippen molar-refractivity contribution in [2.75, 3.05) is 0 Å². The van der Waals surface area contributed by atoms with Crippen LogP contribution in [0, 0.1) is 24.0 Å². The summed E-state index contributed by atoms with van der Waals surface area (Å²) in [4.78, 5) is 10.1. The second-order valence-corrected chi connectivity index (χ2v) is 3.35. The van der Waals surface area contributed by atoms with Crippen LogP contribution in [0.3, 0.4) is 0 Å². The van der Waals surface area contributed by atoms with Gasteiger partial charge >= 0.3 is 0 Å². The van der Waals surface area contributed by atoms with E-state index < -0.39 is 10.9 Å². The molecule has 0 bridgehead atoms. The van der Waals surface area contributed by atoms with Crippen LogP contribution in [0.1, 0.15) is 11.1 Å². The molecule has 0 aromatic heterocycles. The van der Waals surface area contributed by atoms with Gasteiger partial charge < -0.3 is 0 Å². The molecule has 0 radical (unpaired) electrons. The van der Waals surface area contributed by atoms with Crippen LogP contribution in [0.5, 0.6) is 0 Å². The number of hydrogen-bond acceptors (Lipinski definition) is 4. The van der Waals surface area contributed by atoms with Crippen molar-refractivity contribution in [2.24, 2.45) is 5.14 Å². The van der Waals surface area contributed by atoms with Gasteiger partial charge in [0.25, 0.3) is 5.69 Å². The van der Waals surface area contributed by atoms with Gasteiger partial charge in [-0.25, -0.2) is 13.6 Å². The number of nitrogens with zero attached hydrogens (tertiary/aromatic N) is 1. The summed E-state index contributed by atoms with van der Waals surface area (Å²) in [6, 6.07) is 5.30. The van der Waals surface area contributed by atoms with E-state index >= 15 is 0 Å². The summed E-state index contributed by atoms with van der Waals surface area (Å²) in [5.41, 5.74) is 1.66. The molecule has 0 atom stereocenters. The fourth-order valence-electron chi connectivity index (χ4n) is 1.09. The van der Waals surface area contributed by atoms with Crippen molar-refractivity contribution in [2.45, 2.75) is 13.8 Å². The molecule has 6 nitrogen and oxygen atoms in total.